The van der Waals surface area contributed by atoms with Crippen molar-refractivity contribution in [2.45, 2.75) is 25.7 Å². The minimum Gasteiger partial charge on any atom is -0.490 e. The zero-order valence-electron chi connectivity index (χ0n) is 10.1. The highest BCUT2D eigenvalue weighted by atomic mass is 16.5. The maximum absolute atomic E-state index is 11.5. The number of hydrogen-bond acceptors (Lipinski definition) is 4. The summed E-state index contributed by atoms with van der Waals surface area (Å²) in [5, 5.41) is 0. The van der Waals surface area contributed by atoms with Crippen LogP contribution in [0.4, 0.5) is 0 Å². The average molecular weight is 238 g/mol. The largest absolute Gasteiger partial charge is 0.490 e. The molecule has 0 aliphatic carbocycles. The Labute approximate surface area is 101 Å². The second-order valence-electron chi connectivity index (χ2n) is 3.96. The molecule has 1 aliphatic rings. The van der Waals surface area contributed by atoms with Crippen LogP contribution in [0, 0.1) is 5.92 Å². The summed E-state index contributed by atoms with van der Waals surface area (Å²) in [5.41, 5.74) is 0. The van der Waals surface area contributed by atoms with E-state index in [0.29, 0.717) is 38.2 Å². The van der Waals surface area contributed by atoms with Crippen LogP contribution in [-0.4, -0.2) is 32.0 Å². The molecule has 1 unspecified atom stereocenters. The number of carbonyl (C=O) groups is 1. The molecule has 0 amide bonds. The summed E-state index contributed by atoms with van der Waals surface area (Å²) in [6.45, 7) is 1.08. The first kappa shape index (κ1) is 13.7. The van der Waals surface area contributed by atoms with Crippen LogP contribution < -0.4 is 0 Å². The molecule has 17 heavy (non-hydrogen) atoms. The Hall–Kier alpha value is -1.38. The molecule has 0 spiro atoms. The fourth-order valence-electron chi connectivity index (χ4n) is 1.68. The lowest BCUT2D eigenvalue weighted by Gasteiger charge is -2.19. The monoisotopic (exact) mass is 238 g/mol. The number of carbonyl (C=O) groups excluding carboxylic acids is 2. The van der Waals surface area contributed by atoms with Gasteiger partial charge in [0.1, 0.15) is 5.78 Å². The van der Waals surface area contributed by atoms with E-state index in [-0.39, 0.29) is 11.7 Å². The first-order valence-electron chi connectivity index (χ1n) is 5.81. The number of ketones is 1. The normalized spacial score (nSPS) is 20.3. The summed E-state index contributed by atoms with van der Waals surface area (Å²) in [6.07, 6.45) is 6.44. The van der Waals surface area contributed by atoms with Gasteiger partial charge in [-0.3, -0.25) is 4.79 Å². The third-order valence-corrected chi connectivity index (χ3v) is 2.75. The molecule has 1 saturated heterocycles. The molecule has 0 aromatic heterocycles. The van der Waals surface area contributed by atoms with Crippen molar-refractivity contribution >= 4 is 11.7 Å². The summed E-state index contributed by atoms with van der Waals surface area (Å²) in [7, 11) is 1.46. The van der Waals surface area contributed by atoms with E-state index in [1.807, 2.05) is 12.2 Å². The van der Waals surface area contributed by atoms with Gasteiger partial charge in [-0.15, -0.1) is 0 Å². The van der Waals surface area contributed by atoms with Gasteiger partial charge in [0, 0.05) is 18.8 Å². The Balaban J connectivity index is 2.21. The van der Waals surface area contributed by atoms with Gasteiger partial charge in [-0.05, 0) is 12.8 Å². The third-order valence-electron chi connectivity index (χ3n) is 2.75. The molecule has 0 radical (unpaired) electrons. The van der Waals surface area contributed by atoms with Crippen LogP contribution in [0.15, 0.2) is 17.9 Å². The molecule has 1 heterocycles. The van der Waals surface area contributed by atoms with Gasteiger partial charge in [-0.2, -0.15) is 0 Å². The number of ether oxygens (including phenoxy) is 2. The molecular weight excluding hydrogens is 220 g/mol. The van der Waals surface area contributed by atoms with Gasteiger partial charge in [-0.1, -0.05) is 12.2 Å². The highest BCUT2D eigenvalue weighted by Crippen LogP contribution is 2.14. The molecule has 1 aliphatic heterocycles. The zero-order chi connectivity index (χ0) is 12.5. The van der Waals surface area contributed by atoms with Gasteiger partial charge in [0.05, 0.1) is 20.3 Å². The van der Waals surface area contributed by atoms with Crippen LogP contribution in [0.25, 0.3) is 0 Å². The van der Waals surface area contributed by atoms with Crippen LogP contribution >= 0.6 is 0 Å². The number of methoxy groups -OCH3 is 1. The van der Waals surface area contributed by atoms with Crippen molar-refractivity contribution < 1.29 is 19.1 Å². The van der Waals surface area contributed by atoms with Crippen LogP contribution in [0.2, 0.25) is 0 Å². The number of allylic oxidation sites excluding steroid dienone is 3. The summed E-state index contributed by atoms with van der Waals surface area (Å²) >= 11 is 0. The van der Waals surface area contributed by atoms with Crippen LogP contribution in [0.5, 0.6) is 0 Å². The fourth-order valence-corrected chi connectivity index (χ4v) is 1.68. The molecule has 94 valence electrons. The molecular formula is C13H18O4. The van der Waals surface area contributed by atoms with Crippen molar-refractivity contribution in [3.8, 4) is 0 Å². The molecule has 4 nitrogen and oxygen atoms in total. The van der Waals surface area contributed by atoms with E-state index in [2.05, 4.69) is 0 Å². The SMILES string of the molecule is COC(=C=O)CCC=CCC1COCCC1=O. The fraction of sp³-hybridized carbons (Fsp3) is 0.615. The predicted octanol–water partition coefficient (Wildman–Crippen LogP) is 1.68. The summed E-state index contributed by atoms with van der Waals surface area (Å²) < 4.78 is 10.1. The van der Waals surface area contributed by atoms with Crippen LogP contribution in [-0.2, 0) is 19.1 Å². The first-order valence-corrected chi connectivity index (χ1v) is 5.81. The van der Waals surface area contributed by atoms with Gasteiger partial charge in [0.15, 0.2) is 11.7 Å². The van der Waals surface area contributed by atoms with Crippen molar-refractivity contribution in [3.63, 3.8) is 0 Å². The lowest BCUT2D eigenvalue weighted by Crippen LogP contribution is -2.26. The molecule has 1 atom stereocenters. The number of rotatable bonds is 6. The van der Waals surface area contributed by atoms with E-state index in [1.165, 1.54) is 7.11 Å². The Morgan fingerprint density at radius 2 is 2.41 bits per heavy atom. The van der Waals surface area contributed by atoms with E-state index in [4.69, 9.17) is 9.47 Å². The number of hydrogen-bond donors (Lipinski definition) is 0. The smallest absolute Gasteiger partial charge is 0.179 e. The average Bonchev–Trinajstić information content (AvgIpc) is 2.36. The lowest BCUT2D eigenvalue weighted by atomic mass is 9.97. The maximum atomic E-state index is 11.5. The predicted molar refractivity (Wildman–Crippen MR) is 63.1 cm³/mol. The lowest BCUT2D eigenvalue weighted by molar-refractivity contribution is -0.130. The maximum Gasteiger partial charge on any atom is 0.179 e. The first-order chi connectivity index (χ1) is 8.27. The second-order valence-corrected chi connectivity index (χ2v) is 3.96. The molecule has 0 aromatic rings. The van der Waals surface area contributed by atoms with Gasteiger partial charge in [-0.25, -0.2) is 4.79 Å². The Morgan fingerprint density at radius 3 is 3.06 bits per heavy atom. The number of Topliss-reactive ketones (excluding diaryl/α,β-unsaturated/α-hetero) is 1. The van der Waals surface area contributed by atoms with Gasteiger partial charge in [0.25, 0.3) is 0 Å². The van der Waals surface area contributed by atoms with Crippen molar-refractivity contribution in [2.75, 3.05) is 20.3 Å². The van der Waals surface area contributed by atoms with Crippen molar-refractivity contribution in [3.05, 3.63) is 17.9 Å². The highest BCUT2D eigenvalue weighted by Gasteiger charge is 2.20. The van der Waals surface area contributed by atoms with Gasteiger partial charge >= 0.3 is 0 Å². The Morgan fingerprint density at radius 1 is 1.59 bits per heavy atom. The molecule has 1 rings (SSSR count). The van der Waals surface area contributed by atoms with Crippen LogP contribution in [0.1, 0.15) is 25.7 Å². The molecule has 0 bridgehead atoms. The van der Waals surface area contributed by atoms with E-state index < -0.39 is 0 Å². The Bertz CT molecular complexity index is 326. The summed E-state index contributed by atoms with van der Waals surface area (Å²) in [6, 6.07) is 0. The van der Waals surface area contributed by atoms with E-state index >= 15 is 0 Å². The molecule has 1 fully saturated rings. The standard InChI is InChI=1S/C13H18O4/c1-16-12(9-14)6-4-2-3-5-11-10-17-8-7-13(11)15/h2-3,11H,4-8,10H2,1H3. The molecule has 0 saturated carbocycles. The van der Waals surface area contributed by atoms with Gasteiger partial charge < -0.3 is 9.47 Å². The van der Waals surface area contributed by atoms with E-state index in [9.17, 15) is 9.59 Å². The summed E-state index contributed by atoms with van der Waals surface area (Å²) in [4.78, 5) is 21.8. The Kier molecular flexibility index (Phi) is 6.30. The van der Waals surface area contributed by atoms with Crippen molar-refractivity contribution in [1.29, 1.82) is 0 Å². The quantitative estimate of drug-likeness (QED) is 0.401. The summed E-state index contributed by atoms with van der Waals surface area (Å²) in [5.74, 6) is 2.35. The molecule has 0 N–H and O–H groups in total. The van der Waals surface area contributed by atoms with Crippen LogP contribution in [0.3, 0.4) is 0 Å². The minimum atomic E-state index is 0.00325. The van der Waals surface area contributed by atoms with Crippen molar-refractivity contribution in [1.82, 2.24) is 0 Å². The van der Waals surface area contributed by atoms with Crippen molar-refractivity contribution in [2.24, 2.45) is 5.92 Å². The topological polar surface area (TPSA) is 52.6 Å². The van der Waals surface area contributed by atoms with Gasteiger partial charge in [0.2, 0.25) is 0 Å². The zero-order valence-corrected chi connectivity index (χ0v) is 10.1. The molecule has 0 aromatic carbocycles. The highest BCUT2D eigenvalue weighted by molar-refractivity contribution is 5.81. The third kappa shape index (κ3) is 4.98. The van der Waals surface area contributed by atoms with E-state index in [0.717, 1.165) is 6.42 Å². The minimum absolute atomic E-state index is 0.00325. The molecule has 4 heteroatoms. The van der Waals surface area contributed by atoms with E-state index in [1.54, 1.807) is 5.94 Å². The second kappa shape index (κ2) is 7.82.